The number of hydrogen-bond acceptors (Lipinski definition) is 3. The largest absolute Gasteiger partial charge is 0.456 e. The summed E-state index contributed by atoms with van der Waals surface area (Å²) in [7, 11) is 0. The van der Waals surface area contributed by atoms with E-state index in [4.69, 9.17) is 13.3 Å². The van der Waals surface area contributed by atoms with Gasteiger partial charge in [0.05, 0.1) is 0 Å². The highest BCUT2D eigenvalue weighted by atomic mass is 16.3. The van der Waals surface area contributed by atoms with Gasteiger partial charge >= 0.3 is 0 Å². The second kappa shape index (κ2) is 14.2. The summed E-state index contributed by atoms with van der Waals surface area (Å²) in [4.78, 5) is 0. The third-order valence-corrected chi connectivity index (χ3v) is 14.2. The van der Waals surface area contributed by atoms with Crippen LogP contribution >= 0.6 is 0 Å². The first-order valence-corrected chi connectivity index (χ1v) is 22.6. The molecule has 0 saturated heterocycles. The zero-order valence-corrected chi connectivity index (χ0v) is 36.1. The maximum Gasteiger partial charge on any atom is 0.139 e. The van der Waals surface area contributed by atoms with E-state index in [0.29, 0.717) is 5.92 Å². The van der Waals surface area contributed by atoms with Gasteiger partial charge in [-0.15, -0.1) is 0 Å². The zero-order valence-electron chi connectivity index (χ0n) is 36.1. The van der Waals surface area contributed by atoms with E-state index < -0.39 is 0 Å². The van der Waals surface area contributed by atoms with Crippen molar-refractivity contribution in [3.05, 3.63) is 192 Å². The maximum absolute atomic E-state index is 6.62. The van der Waals surface area contributed by atoms with Crippen molar-refractivity contribution >= 4 is 65.8 Å². The summed E-state index contributed by atoms with van der Waals surface area (Å²) in [6.45, 7) is 6.63. The molecule has 0 atom stereocenters. The minimum Gasteiger partial charge on any atom is -0.456 e. The average molecular weight is 825 g/mol. The number of hydrogen-bond donors (Lipinski definition) is 0. The molecule has 1 saturated carbocycles. The molecule has 3 nitrogen and oxygen atoms in total. The molecule has 3 aromatic heterocycles. The van der Waals surface area contributed by atoms with Crippen molar-refractivity contribution in [2.45, 2.75) is 46.0 Å². The smallest absolute Gasteiger partial charge is 0.139 e. The lowest BCUT2D eigenvalue weighted by atomic mass is 9.76. The van der Waals surface area contributed by atoms with Gasteiger partial charge in [-0.3, -0.25) is 0 Å². The number of benzene rings is 9. The summed E-state index contributed by atoms with van der Waals surface area (Å²) in [5.41, 5.74) is 22.6. The molecule has 0 N–H and O–H groups in total. The van der Waals surface area contributed by atoms with Gasteiger partial charge in [0.2, 0.25) is 0 Å². The summed E-state index contributed by atoms with van der Waals surface area (Å²) < 4.78 is 19.5. The van der Waals surface area contributed by atoms with Crippen molar-refractivity contribution in [1.82, 2.24) is 0 Å². The molecule has 13 rings (SSSR count). The Kier molecular flexibility index (Phi) is 8.21. The Morgan fingerprint density at radius 3 is 1.36 bits per heavy atom. The van der Waals surface area contributed by atoms with Crippen molar-refractivity contribution in [3.8, 4) is 55.6 Å². The molecule has 3 heterocycles. The van der Waals surface area contributed by atoms with Crippen LogP contribution in [0.4, 0.5) is 0 Å². The lowest BCUT2D eigenvalue weighted by Gasteiger charge is -2.29. The quantitative estimate of drug-likeness (QED) is 0.168. The Balaban J connectivity index is 0.931. The third-order valence-electron chi connectivity index (χ3n) is 14.2. The van der Waals surface area contributed by atoms with Gasteiger partial charge in [0, 0.05) is 38.4 Å². The van der Waals surface area contributed by atoms with Gasteiger partial charge in [0.25, 0.3) is 0 Å². The minimum atomic E-state index is 0.600. The van der Waals surface area contributed by atoms with Crippen LogP contribution in [0.5, 0.6) is 0 Å². The molecule has 64 heavy (non-hydrogen) atoms. The maximum atomic E-state index is 6.62. The minimum absolute atomic E-state index is 0.600. The molecular formula is C61H44O3. The lowest BCUT2D eigenvalue weighted by molar-refractivity contribution is 0.420. The van der Waals surface area contributed by atoms with Crippen LogP contribution in [0.2, 0.25) is 0 Å². The van der Waals surface area contributed by atoms with Crippen LogP contribution in [0.15, 0.2) is 183 Å². The Hall–Kier alpha value is -7.62. The zero-order chi connectivity index (χ0) is 42.6. The van der Waals surface area contributed by atoms with Crippen molar-refractivity contribution in [1.29, 1.82) is 0 Å². The molecular weight excluding hydrogens is 781 g/mol. The molecule has 1 aliphatic rings. The number of furan rings is 3. The first-order valence-electron chi connectivity index (χ1n) is 22.6. The van der Waals surface area contributed by atoms with E-state index in [1.807, 2.05) is 0 Å². The van der Waals surface area contributed by atoms with Gasteiger partial charge in [-0.25, -0.2) is 0 Å². The van der Waals surface area contributed by atoms with E-state index in [1.165, 1.54) is 86.0 Å². The monoisotopic (exact) mass is 824 g/mol. The number of fused-ring (bicyclic) bond motifs is 9. The van der Waals surface area contributed by atoms with E-state index in [9.17, 15) is 0 Å². The second-order valence-electron chi connectivity index (χ2n) is 18.1. The average Bonchev–Trinajstić information content (AvgIpc) is 3.97. The molecule has 0 radical (unpaired) electrons. The van der Waals surface area contributed by atoms with Gasteiger partial charge in [0.1, 0.15) is 33.5 Å². The van der Waals surface area contributed by atoms with Gasteiger partial charge in [0.15, 0.2) is 0 Å². The fourth-order valence-corrected chi connectivity index (χ4v) is 10.5. The third kappa shape index (κ3) is 5.88. The van der Waals surface area contributed by atoms with Crippen molar-refractivity contribution in [3.63, 3.8) is 0 Å². The van der Waals surface area contributed by atoms with Gasteiger partial charge in [-0.2, -0.15) is 0 Å². The van der Waals surface area contributed by atoms with E-state index in [2.05, 4.69) is 191 Å². The summed E-state index contributed by atoms with van der Waals surface area (Å²) in [6, 6.07) is 61.9. The fraction of sp³-hybridized carbons (Fsp3) is 0.115. The van der Waals surface area contributed by atoms with Crippen LogP contribution in [0.25, 0.3) is 121 Å². The highest BCUT2D eigenvalue weighted by Crippen LogP contribution is 2.46. The molecule has 0 unspecified atom stereocenters. The molecule has 3 heteroatoms. The topological polar surface area (TPSA) is 39.4 Å². The van der Waals surface area contributed by atoms with E-state index >= 15 is 0 Å². The molecule has 0 amide bonds. The first-order chi connectivity index (χ1) is 31.4. The summed E-state index contributed by atoms with van der Waals surface area (Å²) in [5.74, 6) is 0.600. The molecule has 1 fully saturated rings. The molecule has 306 valence electrons. The van der Waals surface area contributed by atoms with Crippen LogP contribution in [0.3, 0.4) is 0 Å². The van der Waals surface area contributed by atoms with Crippen LogP contribution in [-0.2, 0) is 0 Å². The lowest BCUT2D eigenvalue weighted by Crippen LogP contribution is -2.10. The first kappa shape index (κ1) is 37.0. The highest BCUT2D eigenvalue weighted by molar-refractivity contribution is 6.17. The van der Waals surface area contributed by atoms with E-state index in [0.717, 1.165) is 76.9 Å². The summed E-state index contributed by atoms with van der Waals surface area (Å²) in [6.07, 6.45) is 3.80. The Bertz CT molecular complexity index is 3840. The van der Waals surface area contributed by atoms with Crippen LogP contribution in [0, 0.1) is 20.8 Å². The number of aryl methyl sites for hydroxylation is 3. The highest BCUT2D eigenvalue weighted by Gasteiger charge is 2.25. The Morgan fingerprint density at radius 1 is 0.312 bits per heavy atom. The standard InChI is InChI=1S/C61H44O3/c1-35-17-18-41(38-11-6-4-7-12-38)27-48(35)49-29-43(19-22-45(49)40-15-10-16-40)46-31-52-54-33-55-53-32-47(37(3)26-59(53)64-61(55)34-60(54)63-58(52)25-36(46)2)44-21-24-57-51(30-44)50-28-42(20-23-56(50)62-57)39-13-8-5-9-14-39/h4-9,11-14,17-34,40H,10,15-16H2,1-3H3. The van der Waals surface area contributed by atoms with Crippen LogP contribution < -0.4 is 0 Å². The van der Waals surface area contributed by atoms with Crippen molar-refractivity contribution < 1.29 is 13.3 Å². The summed E-state index contributed by atoms with van der Waals surface area (Å²) >= 11 is 0. The van der Waals surface area contributed by atoms with Crippen LogP contribution in [0.1, 0.15) is 47.4 Å². The predicted octanol–water partition coefficient (Wildman–Crippen LogP) is 17.9. The molecule has 0 spiro atoms. The normalized spacial score (nSPS) is 13.3. The molecule has 0 bridgehead atoms. The Labute approximate surface area is 371 Å². The van der Waals surface area contributed by atoms with Crippen LogP contribution in [-0.4, -0.2) is 0 Å². The SMILES string of the molecule is Cc1cc2oc3cc4oc5cc(C)c(-c6ccc7oc8ccc(-c9ccccc9)cc8c7c6)cc5c4cc3c2cc1-c1ccc(C2CCC2)c(-c2cc(-c3ccccc3)ccc2C)c1. The fourth-order valence-electron chi connectivity index (χ4n) is 10.5. The predicted molar refractivity (Wildman–Crippen MR) is 266 cm³/mol. The van der Waals surface area contributed by atoms with Gasteiger partial charge in [-0.05, 0) is 184 Å². The van der Waals surface area contributed by atoms with Gasteiger partial charge < -0.3 is 13.3 Å². The second-order valence-corrected chi connectivity index (χ2v) is 18.1. The molecule has 1 aliphatic carbocycles. The Morgan fingerprint density at radius 2 is 0.766 bits per heavy atom. The molecule has 9 aromatic carbocycles. The summed E-state index contributed by atoms with van der Waals surface area (Å²) in [5, 5.41) is 6.60. The number of rotatable bonds is 6. The van der Waals surface area contributed by atoms with Gasteiger partial charge in [-0.1, -0.05) is 103 Å². The van der Waals surface area contributed by atoms with Crippen molar-refractivity contribution in [2.75, 3.05) is 0 Å². The van der Waals surface area contributed by atoms with Crippen molar-refractivity contribution in [2.24, 2.45) is 0 Å². The molecule has 12 aromatic rings. The molecule has 0 aliphatic heterocycles. The van der Waals surface area contributed by atoms with E-state index in [-0.39, 0.29) is 0 Å². The van der Waals surface area contributed by atoms with E-state index in [1.54, 1.807) is 0 Å².